The number of ether oxygens (including phenoxy) is 1. The van der Waals surface area contributed by atoms with Gasteiger partial charge in [-0.05, 0) is 25.0 Å². The van der Waals surface area contributed by atoms with Crippen molar-refractivity contribution in [3.63, 3.8) is 0 Å². The number of carbonyl (C=O) groups excluding carboxylic acids is 1. The molecule has 0 aromatic carbocycles. The van der Waals surface area contributed by atoms with Crippen LogP contribution in [0.4, 0.5) is 0 Å². The Hall–Kier alpha value is -1.41. The van der Waals surface area contributed by atoms with E-state index in [4.69, 9.17) is 9.15 Å². The molecule has 7 heteroatoms. The summed E-state index contributed by atoms with van der Waals surface area (Å²) in [5.74, 6) is 0.667. The number of rotatable bonds is 7. The lowest BCUT2D eigenvalue weighted by molar-refractivity contribution is -0.123. The molecule has 2 saturated heterocycles. The van der Waals surface area contributed by atoms with Gasteiger partial charge in [0.25, 0.3) is 0 Å². The van der Waals surface area contributed by atoms with Crippen molar-refractivity contribution in [2.24, 2.45) is 0 Å². The van der Waals surface area contributed by atoms with Gasteiger partial charge in [-0.3, -0.25) is 14.6 Å². The molecule has 0 saturated carbocycles. The Morgan fingerprint density at radius 1 is 1.33 bits per heavy atom. The van der Waals surface area contributed by atoms with Crippen LogP contribution < -0.4 is 5.32 Å². The van der Waals surface area contributed by atoms with Crippen molar-refractivity contribution >= 4 is 5.91 Å². The van der Waals surface area contributed by atoms with Crippen molar-refractivity contribution in [1.82, 2.24) is 15.1 Å². The highest BCUT2D eigenvalue weighted by molar-refractivity contribution is 5.78. The van der Waals surface area contributed by atoms with Gasteiger partial charge in [0.2, 0.25) is 5.91 Å². The average molecular weight is 337 g/mol. The highest BCUT2D eigenvalue weighted by Crippen LogP contribution is 2.15. The third-order valence-corrected chi connectivity index (χ3v) is 4.69. The second-order valence-corrected chi connectivity index (χ2v) is 6.55. The smallest absolute Gasteiger partial charge is 0.234 e. The maximum atomic E-state index is 12.0. The van der Waals surface area contributed by atoms with Crippen LogP contribution in [0.3, 0.4) is 0 Å². The zero-order valence-electron chi connectivity index (χ0n) is 14.0. The largest absolute Gasteiger partial charge is 0.467 e. The number of amides is 1. The number of piperazine rings is 1. The van der Waals surface area contributed by atoms with Crippen LogP contribution in [-0.2, 0) is 9.53 Å². The summed E-state index contributed by atoms with van der Waals surface area (Å²) in [7, 11) is 0. The van der Waals surface area contributed by atoms with Crippen LogP contribution in [0.1, 0.15) is 24.7 Å². The van der Waals surface area contributed by atoms with Gasteiger partial charge in [-0.15, -0.1) is 0 Å². The molecular formula is C17H27N3O4. The lowest BCUT2D eigenvalue weighted by Crippen LogP contribution is -2.50. The highest BCUT2D eigenvalue weighted by Gasteiger charge is 2.23. The molecular weight excluding hydrogens is 310 g/mol. The van der Waals surface area contributed by atoms with Crippen LogP contribution in [-0.4, -0.2) is 79.3 Å². The summed E-state index contributed by atoms with van der Waals surface area (Å²) in [4.78, 5) is 16.4. The highest BCUT2D eigenvalue weighted by atomic mass is 16.5. The maximum Gasteiger partial charge on any atom is 0.234 e. The molecule has 0 unspecified atom stereocenters. The fraction of sp³-hybridized carbons (Fsp3) is 0.706. The molecule has 7 nitrogen and oxygen atoms in total. The first-order chi connectivity index (χ1) is 11.7. The van der Waals surface area contributed by atoms with E-state index in [2.05, 4.69) is 15.1 Å². The third kappa shape index (κ3) is 5.04. The van der Waals surface area contributed by atoms with E-state index in [-0.39, 0.29) is 12.0 Å². The minimum atomic E-state index is -0.596. The molecule has 2 fully saturated rings. The molecule has 24 heavy (non-hydrogen) atoms. The van der Waals surface area contributed by atoms with Crippen LogP contribution >= 0.6 is 0 Å². The summed E-state index contributed by atoms with van der Waals surface area (Å²) in [6.45, 7) is 5.78. The second-order valence-electron chi connectivity index (χ2n) is 6.55. The summed E-state index contributed by atoms with van der Waals surface area (Å²) in [5, 5.41) is 13.1. The molecule has 2 atom stereocenters. The quantitative estimate of drug-likeness (QED) is 0.741. The van der Waals surface area contributed by atoms with Crippen molar-refractivity contribution in [2.45, 2.75) is 25.0 Å². The summed E-state index contributed by atoms with van der Waals surface area (Å²) >= 11 is 0. The molecule has 1 aromatic rings. The predicted octanol–water partition coefficient (Wildman–Crippen LogP) is 0.226. The monoisotopic (exact) mass is 337 g/mol. The van der Waals surface area contributed by atoms with E-state index in [1.165, 1.54) is 0 Å². The van der Waals surface area contributed by atoms with Crippen LogP contribution in [0, 0.1) is 0 Å². The molecule has 1 aromatic heterocycles. The van der Waals surface area contributed by atoms with Gasteiger partial charge in [0.1, 0.15) is 11.9 Å². The number of aliphatic hydroxyl groups is 1. The van der Waals surface area contributed by atoms with Gasteiger partial charge in [0, 0.05) is 45.9 Å². The van der Waals surface area contributed by atoms with E-state index < -0.39 is 6.10 Å². The van der Waals surface area contributed by atoms with E-state index in [1.807, 2.05) is 0 Å². The van der Waals surface area contributed by atoms with Gasteiger partial charge in [-0.2, -0.15) is 0 Å². The first-order valence-corrected chi connectivity index (χ1v) is 8.75. The van der Waals surface area contributed by atoms with Gasteiger partial charge >= 0.3 is 0 Å². The lowest BCUT2D eigenvalue weighted by Gasteiger charge is -2.35. The maximum absolute atomic E-state index is 12.0. The van der Waals surface area contributed by atoms with E-state index >= 15 is 0 Å². The summed E-state index contributed by atoms with van der Waals surface area (Å²) in [5.41, 5.74) is 0. The van der Waals surface area contributed by atoms with Crippen molar-refractivity contribution in [3.05, 3.63) is 24.2 Å². The summed E-state index contributed by atoms with van der Waals surface area (Å²) in [6.07, 6.45) is 3.30. The standard InChI is InChI=1S/C17H27N3O4/c21-15(16-4-2-10-24-16)12-19-5-7-20(8-6-19)13-17(22)18-11-14-3-1-9-23-14/h2,4,10,14-15,21H,1,3,5-9,11-13H2,(H,18,22)/t14-,15+/m0/s1. The number of hydrogen-bond acceptors (Lipinski definition) is 6. The third-order valence-electron chi connectivity index (χ3n) is 4.69. The molecule has 2 aliphatic heterocycles. The molecule has 3 rings (SSSR count). The van der Waals surface area contributed by atoms with E-state index in [9.17, 15) is 9.90 Å². The number of β-amino-alcohol motifs (C(OH)–C–C–N with tert-alkyl or cyclic N) is 1. The molecule has 0 spiro atoms. The zero-order valence-corrected chi connectivity index (χ0v) is 14.0. The fourth-order valence-electron chi connectivity index (χ4n) is 3.24. The predicted molar refractivity (Wildman–Crippen MR) is 88.5 cm³/mol. The minimum absolute atomic E-state index is 0.0644. The Balaban J connectivity index is 1.32. The van der Waals surface area contributed by atoms with Gasteiger partial charge < -0.3 is 19.6 Å². The molecule has 0 radical (unpaired) electrons. The Labute approximate surface area is 142 Å². The number of hydrogen-bond donors (Lipinski definition) is 2. The molecule has 3 heterocycles. The van der Waals surface area contributed by atoms with E-state index in [0.29, 0.717) is 25.4 Å². The first-order valence-electron chi connectivity index (χ1n) is 8.75. The summed E-state index contributed by atoms with van der Waals surface area (Å²) in [6, 6.07) is 3.57. The SMILES string of the molecule is O=C(CN1CCN(C[C@@H](O)c2ccco2)CC1)NC[C@@H]1CCCO1. The Kier molecular flexibility index (Phi) is 6.25. The number of carbonyl (C=O) groups is 1. The van der Waals surface area contributed by atoms with Gasteiger partial charge in [-0.1, -0.05) is 0 Å². The molecule has 2 N–H and O–H groups in total. The van der Waals surface area contributed by atoms with E-state index in [1.54, 1.807) is 18.4 Å². The minimum Gasteiger partial charge on any atom is -0.467 e. The van der Waals surface area contributed by atoms with Crippen molar-refractivity contribution in [1.29, 1.82) is 0 Å². The second kappa shape index (κ2) is 8.62. The first kappa shape index (κ1) is 17.4. The number of furan rings is 1. The molecule has 1 amide bonds. The molecule has 0 aliphatic carbocycles. The number of nitrogens with one attached hydrogen (secondary N) is 1. The molecule has 134 valence electrons. The topological polar surface area (TPSA) is 78.2 Å². The molecule has 2 aliphatic rings. The van der Waals surface area contributed by atoms with Crippen molar-refractivity contribution < 1.29 is 19.1 Å². The van der Waals surface area contributed by atoms with E-state index in [0.717, 1.165) is 45.6 Å². The average Bonchev–Trinajstić information content (AvgIpc) is 3.28. The van der Waals surface area contributed by atoms with Gasteiger partial charge in [-0.25, -0.2) is 0 Å². The fourth-order valence-corrected chi connectivity index (χ4v) is 3.24. The number of nitrogens with zero attached hydrogens (tertiary/aromatic N) is 2. The Morgan fingerprint density at radius 2 is 2.12 bits per heavy atom. The zero-order chi connectivity index (χ0) is 16.8. The van der Waals surface area contributed by atoms with Crippen LogP contribution in [0.25, 0.3) is 0 Å². The normalized spacial score (nSPS) is 24.1. The van der Waals surface area contributed by atoms with Gasteiger partial charge in [0.15, 0.2) is 0 Å². The van der Waals surface area contributed by atoms with Crippen LogP contribution in [0.5, 0.6) is 0 Å². The van der Waals surface area contributed by atoms with Crippen molar-refractivity contribution in [2.75, 3.05) is 52.4 Å². The molecule has 0 bridgehead atoms. The van der Waals surface area contributed by atoms with Crippen molar-refractivity contribution in [3.8, 4) is 0 Å². The van der Waals surface area contributed by atoms with Crippen LogP contribution in [0.15, 0.2) is 22.8 Å². The lowest BCUT2D eigenvalue weighted by atomic mass is 10.2. The van der Waals surface area contributed by atoms with Gasteiger partial charge in [0.05, 0.1) is 18.9 Å². The number of aliphatic hydroxyl groups excluding tert-OH is 1. The Bertz CT molecular complexity index is 494. The summed E-state index contributed by atoms with van der Waals surface area (Å²) < 4.78 is 10.7. The van der Waals surface area contributed by atoms with Crippen LogP contribution in [0.2, 0.25) is 0 Å². The Morgan fingerprint density at radius 3 is 2.79 bits per heavy atom.